The summed E-state index contributed by atoms with van der Waals surface area (Å²) >= 11 is 0. The molecule has 2 heterocycles. The third-order valence-corrected chi connectivity index (χ3v) is 4.68. The summed E-state index contributed by atoms with van der Waals surface area (Å²) in [6.07, 6.45) is 1.84. The van der Waals surface area contributed by atoms with Gasteiger partial charge in [0, 0.05) is 22.7 Å². The molecule has 0 unspecified atom stereocenters. The number of hydrogen-bond acceptors (Lipinski definition) is 1. The van der Waals surface area contributed by atoms with Crippen LogP contribution >= 0.6 is 0 Å². The van der Waals surface area contributed by atoms with E-state index in [2.05, 4.69) is 57.3 Å². The average Bonchev–Trinajstić information content (AvgIpc) is 3.05. The second-order valence-electron chi connectivity index (χ2n) is 6.08. The molecule has 3 nitrogen and oxygen atoms in total. The Kier molecular flexibility index (Phi) is 2.86. The van der Waals surface area contributed by atoms with Crippen molar-refractivity contribution in [3.8, 4) is 11.3 Å². The molecule has 0 aliphatic carbocycles. The van der Waals surface area contributed by atoms with Crippen molar-refractivity contribution < 1.29 is 0 Å². The van der Waals surface area contributed by atoms with Crippen molar-refractivity contribution in [2.75, 3.05) is 0 Å². The molecule has 3 aromatic carbocycles. The summed E-state index contributed by atoms with van der Waals surface area (Å²) in [5, 5.41) is 4.54. The lowest BCUT2D eigenvalue weighted by atomic mass is 10.0. The van der Waals surface area contributed by atoms with E-state index >= 15 is 0 Å². The summed E-state index contributed by atoms with van der Waals surface area (Å²) in [5.41, 5.74) is 4.74. The van der Waals surface area contributed by atoms with E-state index in [1.54, 1.807) is 0 Å². The van der Waals surface area contributed by atoms with Crippen LogP contribution in [0.2, 0.25) is 0 Å². The van der Waals surface area contributed by atoms with Crippen molar-refractivity contribution in [2.45, 2.75) is 0 Å². The Bertz CT molecular complexity index is 1300. The van der Waals surface area contributed by atoms with Crippen molar-refractivity contribution in [1.82, 2.24) is 9.97 Å². The average molecular weight is 319 g/mol. The Morgan fingerprint density at radius 3 is 2.64 bits per heavy atom. The van der Waals surface area contributed by atoms with Gasteiger partial charge < -0.3 is 4.98 Å². The van der Waals surface area contributed by atoms with Gasteiger partial charge in [-0.15, -0.1) is 0 Å². The quantitative estimate of drug-likeness (QED) is 0.373. The third-order valence-electron chi connectivity index (χ3n) is 4.68. The van der Waals surface area contributed by atoms with E-state index in [0.29, 0.717) is 5.69 Å². The predicted octanol–water partition coefficient (Wildman–Crippen LogP) is 6.09. The van der Waals surface area contributed by atoms with E-state index in [1.807, 2.05) is 30.5 Å². The van der Waals surface area contributed by atoms with Gasteiger partial charge in [-0.1, -0.05) is 48.5 Å². The van der Waals surface area contributed by atoms with Crippen molar-refractivity contribution >= 4 is 38.3 Å². The summed E-state index contributed by atoms with van der Waals surface area (Å²) in [6, 6.07) is 22.4. The SMILES string of the molecule is [C-]#[N+]c1ccc2[nH]c3c(-c4cccc5ccccc45)nccc3c2c1. The summed E-state index contributed by atoms with van der Waals surface area (Å²) in [4.78, 5) is 11.7. The molecule has 0 atom stereocenters. The molecule has 0 amide bonds. The first-order valence-corrected chi connectivity index (χ1v) is 8.11. The summed E-state index contributed by atoms with van der Waals surface area (Å²) in [5.74, 6) is 0. The first-order chi connectivity index (χ1) is 12.3. The molecule has 2 aromatic heterocycles. The number of nitrogens with one attached hydrogen (secondary N) is 1. The molecule has 0 radical (unpaired) electrons. The van der Waals surface area contributed by atoms with Crippen molar-refractivity contribution in [2.24, 2.45) is 0 Å². The first kappa shape index (κ1) is 13.8. The molecule has 25 heavy (non-hydrogen) atoms. The predicted molar refractivity (Wildman–Crippen MR) is 103 cm³/mol. The zero-order chi connectivity index (χ0) is 16.8. The minimum absolute atomic E-state index is 0.650. The number of fused-ring (bicyclic) bond motifs is 4. The van der Waals surface area contributed by atoms with Crippen LogP contribution in [0.3, 0.4) is 0 Å². The zero-order valence-electron chi connectivity index (χ0n) is 13.3. The molecule has 116 valence electrons. The molecule has 5 rings (SSSR count). The molecule has 0 bridgehead atoms. The van der Waals surface area contributed by atoms with Crippen LogP contribution in [-0.4, -0.2) is 9.97 Å². The van der Waals surface area contributed by atoms with Gasteiger partial charge in [0.15, 0.2) is 5.69 Å². The van der Waals surface area contributed by atoms with Crippen LogP contribution < -0.4 is 0 Å². The van der Waals surface area contributed by atoms with Gasteiger partial charge >= 0.3 is 0 Å². The van der Waals surface area contributed by atoms with Crippen LogP contribution in [0.25, 0.3) is 48.7 Å². The van der Waals surface area contributed by atoms with Gasteiger partial charge in [0.2, 0.25) is 0 Å². The van der Waals surface area contributed by atoms with Crippen molar-refractivity contribution in [3.63, 3.8) is 0 Å². The van der Waals surface area contributed by atoms with E-state index in [4.69, 9.17) is 6.57 Å². The fraction of sp³-hybridized carbons (Fsp3) is 0. The fourth-order valence-corrected chi connectivity index (χ4v) is 3.52. The lowest BCUT2D eigenvalue weighted by molar-refractivity contribution is 1.35. The van der Waals surface area contributed by atoms with Crippen LogP contribution in [0.1, 0.15) is 0 Å². The molecule has 0 spiro atoms. The van der Waals surface area contributed by atoms with E-state index in [1.165, 1.54) is 10.8 Å². The topological polar surface area (TPSA) is 33.0 Å². The number of nitrogens with zero attached hydrogens (tertiary/aromatic N) is 2. The molecule has 1 N–H and O–H groups in total. The van der Waals surface area contributed by atoms with Gasteiger partial charge in [0.25, 0.3) is 0 Å². The van der Waals surface area contributed by atoms with E-state index in [9.17, 15) is 0 Å². The number of rotatable bonds is 1. The molecule has 0 fully saturated rings. The minimum atomic E-state index is 0.650. The molecule has 0 saturated carbocycles. The Balaban J connectivity index is 1.89. The minimum Gasteiger partial charge on any atom is -0.353 e. The monoisotopic (exact) mass is 319 g/mol. The fourth-order valence-electron chi connectivity index (χ4n) is 3.52. The number of benzene rings is 3. The molecule has 5 aromatic rings. The van der Waals surface area contributed by atoms with Gasteiger partial charge in [0.1, 0.15) is 0 Å². The smallest absolute Gasteiger partial charge is 0.188 e. The summed E-state index contributed by atoms with van der Waals surface area (Å²) in [6.45, 7) is 7.25. The molecule has 3 heteroatoms. The second-order valence-corrected chi connectivity index (χ2v) is 6.08. The van der Waals surface area contributed by atoms with Crippen molar-refractivity contribution in [3.05, 3.63) is 84.3 Å². The summed E-state index contributed by atoms with van der Waals surface area (Å²) < 4.78 is 0. The first-order valence-electron chi connectivity index (χ1n) is 8.11. The lowest BCUT2D eigenvalue weighted by Crippen LogP contribution is -1.87. The Hall–Kier alpha value is -3.64. The zero-order valence-corrected chi connectivity index (χ0v) is 13.3. The van der Waals surface area contributed by atoms with E-state index < -0.39 is 0 Å². The van der Waals surface area contributed by atoms with Gasteiger partial charge in [0.05, 0.1) is 17.8 Å². The number of aromatic nitrogens is 2. The maximum absolute atomic E-state index is 7.25. The Labute approximate surface area is 144 Å². The maximum atomic E-state index is 7.25. The van der Waals surface area contributed by atoms with Crippen LogP contribution in [0.4, 0.5) is 5.69 Å². The Morgan fingerprint density at radius 2 is 1.72 bits per heavy atom. The second kappa shape index (κ2) is 5.19. The van der Waals surface area contributed by atoms with E-state index in [-0.39, 0.29) is 0 Å². The highest BCUT2D eigenvalue weighted by Crippen LogP contribution is 2.35. The highest BCUT2D eigenvalue weighted by Gasteiger charge is 2.13. The van der Waals surface area contributed by atoms with Gasteiger partial charge in [-0.05, 0) is 34.4 Å². The molecule has 0 aliphatic heterocycles. The molecular weight excluding hydrogens is 306 g/mol. The standard InChI is InChI=1S/C22H13N3/c1-23-15-9-10-20-19(13-15)18-11-12-24-21(22(18)25-20)17-8-4-6-14-5-2-3-7-16(14)17/h2-13,25H. The summed E-state index contributed by atoms with van der Waals surface area (Å²) in [7, 11) is 0. The van der Waals surface area contributed by atoms with Crippen LogP contribution in [0.15, 0.2) is 72.9 Å². The van der Waals surface area contributed by atoms with Gasteiger partial charge in [-0.3, -0.25) is 4.98 Å². The maximum Gasteiger partial charge on any atom is 0.188 e. The Morgan fingerprint density at radius 1 is 0.840 bits per heavy atom. The number of aromatic amines is 1. The van der Waals surface area contributed by atoms with Crippen LogP contribution in [0, 0.1) is 6.57 Å². The van der Waals surface area contributed by atoms with Gasteiger partial charge in [-0.25, -0.2) is 4.85 Å². The number of hydrogen-bond donors (Lipinski definition) is 1. The highest BCUT2D eigenvalue weighted by molar-refractivity contribution is 6.13. The molecular formula is C22H13N3. The third kappa shape index (κ3) is 2.02. The highest BCUT2D eigenvalue weighted by atomic mass is 14.8. The van der Waals surface area contributed by atoms with Crippen LogP contribution in [0.5, 0.6) is 0 Å². The van der Waals surface area contributed by atoms with E-state index in [0.717, 1.165) is 33.1 Å². The van der Waals surface area contributed by atoms with Crippen molar-refractivity contribution in [1.29, 1.82) is 0 Å². The largest absolute Gasteiger partial charge is 0.353 e. The lowest BCUT2D eigenvalue weighted by Gasteiger charge is -2.07. The number of pyridine rings is 1. The molecule has 0 aliphatic rings. The van der Waals surface area contributed by atoms with Gasteiger partial charge in [-0.2, -0.15) is 0 Å². The van der Waals surface area contributed by atoms with Crippen LogP contribution in [-0.2, 0) is 0 Å². The normalized spacial score (nSPS) is 11.2. The number of H-pyrrole nitrogens is 1. The molecule has 0 saturated heterocycles.